The molecule has 0 amide bonds. The molecule has 3 heterocycles. The van der Waals surface area contributed by atoms with Gasteiger partial charge in [0.1, 0.15) is 6.10 Å². The van der Waals surface area contributed by atoms with Crippen molar-refractivity contribution >= 4 is 23.9 Å². The Morgan fingerprint density at radius 1 is 0.946 bits per heavy atom. The molecule has 4 aliphatic rings. The maximum absolute atomic E-state index is 12.9. The summed E-state index contributed by atoms with van der Waals surface area (Å²) in [4.78, 5) is 49.9. The van der Waals surface area contributed by atoms with Gasteiger partial charge in [-0.2, -0.15) is 0 Å². The second kappa shape index (κ2) is 11.3. The number of esters is 4. The number of aliphatic hydroxyl groups is 4. The minimum Gasteiger partial charge on any atom is -0.456 e. The number of ether oxygens (including phenoxy) is 3. The fraction of sp³-hybridized carbons (Fsp3) is 0.615. The number of rotatable bonds is 8. The van der Waals surface area contributed by atoms with E-state index in [1.807, 2.05) is 6.92 Å². The van der Waals surface area contributed by atoms with Gasteiger partial charge in [0.15, 0.2) is 0 Å². The van der Waals surface area contributed by atoms with Gasteiger partial charge in [0.2, 0.25) is 6.29 Å². The topological polar surface area (TPSA) is 177 Å². The van der Waals surface area contributed by atoms with Crippen LogP contribution in [0.5, 0.6) is 0 Å². The Hall–Kier alpha value is -2.86. The van der Waals surface area contributed by atoms with Crippen LogP contribution in [0.15, 0.2) is 34.4 Å². The maximum atomic E-state index is 12.9. The zero-order valence-electron chi connectivity index (χ0n) is 20.5. The lowest BCUT2D eigenvalue weighted by atomic mass is 9.80. The highest BCUT2D eigenvalue weighted by molar-refractivity contribution is 6.13. The molecule has 3 aliphatic heterocycles. The van der Waals surface area contributed by atoms with Crippen molar-refractivity contribution < 1.29 is 53.8 Å². The highest BCUT2D eigenvalue weighted by Crippen LogP contribution is 2.44. The Balaban J connectivity index is 1.77. The van der Waals surface area contributed by atoms with Crippen molar-refractivity contribution in [3.05, 3.63) is 34.4 Å². The Morgan fingerprint density at radius 2 is 1.70 bits per heavy atom. The fourth-order valence-corrected chi connectivity index (χ4v) is 5.59. The normalized spacial score (nSPS) is 31.6. The molecule has 202 valence electrons. The SMILES string of the molecule is CCCCCC[C@H](O)[C@H]1C2=C(C[C@H]([C@@H](O)[C@@H]3CC=CC(=O)O3)CC3=C(C(=O)OC3=O)[C@H]1O)[C@@H](O)OC2=O. The van der Waals surface area contributed by atoms with Gasteiger partial charge in [-0.3, -0.25) is 0 Å². The molecule has 0 spiro atoms. The molecule has 11 nitrogen and oxygen atoms in total. The van der Waals surface area contributed by atoms with E-state index >= 15 is 0 Å². The smallest absolute Gasteiger partial charge is 0.345 e. The number of carbonyl (C=O) groups excluding carboxylic acids is 4. The lowest BCUT2D eigenvalue weighted by molar-refractivity contribution is -0.155. The zero-order chi connectivity index (χ0) is 26.9. The predicted molar refractivity (Wildman–Crippen MR) is 124 cm³/mol. The summed E-state index contributed by atoms with van der Waals surface area (Å²) in [6, 6.07) is 0. The third-order valence-electron chi connectivity index (χ3n) is 7.50. The number of hydrogen-bond donors (Lipinski definition) is 4. The molecule has 4 rings (SSSR count). The van der Waals surface area contributed by atoms with Crippen molar-refractivity contribution in [3.8, 4) is 0 Å². The van der Waals surface area contributed by atoms with Crippen LogP contribution >= 0.6 is 0 Å². The molecule has 0 unspecified atom stereocenters. The molecule has 0 aromatic heterocycles. The molecule has 0 aromatic rings. The quantitative estimate of drug-likeness (QED) is 0.152. The monoisotopic (exact) mass is 520 g/mol. The van der Waals surface area contributed by atoms with E-state index in [0.29, 0.717) is 6.42 Å². The van der Waals surface area contributed by atoms with Gasteiger partial charge in [-0.1, -0.05) is 38.7 Å². The minimum absolute atomic E-state index is 0.0328. The van der Waals surface area contributed by atoms with Crippen LogP contribution in [-0.2, 0) is 33.4 Å². The highest BCUT2D eigenvalue weighted by Gasteiger charge is 2.51. The Labute approximate surface area is 213 Å². The zero-order valence-corrected chi connectivity index (χ0v) is 20.5. The van der Waals surface area contributed by atoms with Crippen molar-refractivity contribution in [2.75, 3.05) is 0 Å². The van der Waals surface area contributed by atoms with E-state index < -0.39 is 72.0 Å². The minimum atomic E-state index is -1.80. The number of unbranched alkanes of at least 4 members (excludes halogenated alkanes) is 3. The summed E-state index contributed by atoms with van der Waals surface area (Å²) in [5.41, 5.74) is -0.748. The number of aliphatic hydroxyl groups excluding tert-OH is 4. The van der Waals surface area contributed by atoms with Crippen LogP contribution in [0.4, 0.5) is 0 Å². The second-order valence-electron chi connectivity index (χ2n) is 9.93. The third-order valence-corrected chi connectivity index (χ3v) is 7.50. The van der Waals surface area contributed by atoms with E-state index in [0.717, 1.165) is 19.3 Å². The van der Waals surface area contributed by atoms with Gasteiger partial charge >= 0.3 is 23.9 Å². The Bertz CT molecular complexity index is 1050. The highest BCUT2D eigenvalue weighted by atomic mass is 16.6. The molecule has 0 bridgehead atoms. The molecule has 11 heteroatoms. The van der Waals surface area contributed by atoms with Crippen molar-refractivity contribution in [3.63, 3.8) is 0 Å². The van der Waals surface area contributed by atoms with Crippen LogP contribution in [0.25, 0.3) is 0 Å². The van der Waals surface area contributed by atoms with E-state index in [2.05, 4.69) is 0 Å². The first-order valence-electron chi connectivity index (χ1n) is 12.7. The summed E-state index contributed by atoms with van der Waals surface area (Å²) < 4.78 is 15.0. The van der Waals surface area contributed by atoms with E-state index in [1.54, 1.807) is 0 Å². The van der Waals surface area contributed by atoms with Crippen LogP contribution < -0.4 is 0 Å². The van der Waals surface area contributed by atoms with E-state index in [-0.39, 0.29) is 42.4 Å². The largest absolute Gasteiger partial charge is 0.456 e. The summed E-state index contributed by atoms with van der Waals surface area (Å²) in [6.45, 7) is 2.03. The van der Waals surface area contributed by atoms with Crippen molar-refractivity contribution in [2.24, 2.45) is 11.8 Å². The molecular weight excluding hydrogens is 488 g/mol. The van der Waals surface area contributed by atoms with Gasteiger partial charge in [0.25, 0.3) is 0 Å². The molecule has 37 heavy (non-hydrogen) atoms. The lowest BCUT2D eigenvalue weighted by Crippen LogP contribution is -2.39. The summed E-state index contributed by atoms with van der Waals surface area (Å²) in [6.07, 6.45) is -1.25. The molecule has 0 fully saturated rings. The molecule has 0 saturated carbocycles. The van der Waals surface area contributed by atoms with E-state index in [4.69, 9.17) is 14.2 Å². The van der Waals surface area contributed by atoms with Crippen LogP contribution in [-0.4, -0.2) is 75.0 Å². The average Bonchev–Trinajstić information content (AvgIpc) is 3.30. The lowest BCUT2D eigenvalue weighted by Gasteiger charge is -2.31. The molecule has 0 aromatic carbocycles. The molecule has 0 radical (unpaired) electrons. The Morgan fingerprint density at radius 3 is 2.41 bits per heavy atom. The van der Waals surface area contributed by atoms with Gasteiger partial charge in [-0.25, -0.2) is 19.2 Å². The van der Waals surface area contributed by atoms with Gasteiger partial charge in [0.05, 0.1) is 35.0 Å². The van der Waals surface area contributed by atoms with Crippen molar-refractivity contribution in [1.82, 2.24) is 0 Å². The van der Waals surface area contributed by atoms with Crippen LogP contribution in [0.3, 0.4) is 0 Å². The fourth-order valence-electron chi connectivity index (χ4n) is 5.59. The number of cyclic esters (lactones) is 4. The number of carbonyl (C=O) groups is 4. The average molecular weight is 521 g/mol. The van der Waals surface area contributed by atoms with E-state index in [1.165, 1.54) is 12.2 Å². The summed E-state index contributed by atoms with van der Waals surface area (Å²) in [5.74, 6) is -6.05. The summed E-state index contributed by atoms with van der Waals surface area (Å²) >= 11 is 0. The van der Waals surface area contributed by atoms with E-state index in [9.17, 15) is 39.6 Å². The van der Waals surface area contributed by atoms with Crippen LogP contribution in [0.1, 0.15) is 58.3 Å². The Kier molecular flexibility index (Phi) is 8.27. The third kappa shape index (κ3) is 5.40. The molecule has 1 aliphatic carbocycles. The summed E-state index contributed by atoms with van der Waals surface area (Å²) in [5, 5.41) is 44.2. The van der Waals surface area contributed by atoms with Crippen molar-refractivity contribution in [2.45, 2.75) is 89.0 Å². The molecular formula is C26H32O11. The van der Waals surface area contributed by atoms with Crippen LogP contribution in [0.2, 0.25) is 0 Å². The standard InChI is InChI=1S/C26H32O11/c1-2-3-4-5-7-15(27)20-18-13(23(31)36-25(18)33)10-12(21(29)16-8-6-9-17(28)35-16)11-14-19(22(20)30)26(34)37-24(14)32/h6,9,12,15-16,20-23,27,29-31H,2-5,7-8,10-11H2,1H3/t12-,15-,16-,20-,21+,22+,23-/m0/s1. The van der Waals surface area contributed by atoms with Crippen LogP contribution in [0, 0.1) is 11.8 Å². The number of hydrogen-bond acceptors (Lipinski definition) is 11. The van der Waals surface area contributed by atoms with Gasteiger partial charge < -0.3 is 34.6 Å². The first-order chi connectivity index (χ1) is 17.6. The summed E-state index contributed by atoms with van der Waals surface area (Å²) in [7, 11) is 0. The molecule has 7 atom stereocenters. The van der Waals surface area contributed by atoms with Gasteiger partial charge in [-0.05, 0) is 25.2 Å². The maximum Gasteiger partial charge on any atom is 0.345 e. The van der Waals surface area contributed by atoms with Gasteiger partial charge in [0, 0.05) is 24.0 Å². The predicted octanol–water partition coefficient (Wildman–Crippen LogP) is 0.489. The molecule has 4 N–H and O–H groups in total. The van der Waals surface area contributed by atoms with Gasteiger partial charge in [-0.15, -0.1) is 0 Å². The molecule has 0 saturated heterocycles. The first kappa shape index (κ1) is 27.2. The second-order valence-corrected chi connectivity index (χ2v) is 9.93. The van der Waals surface area contributed by atoms with Crippen molar-refractivity contribution in [1.29, 1.82) is 0 Å². The first-order valence-corrected chi connectivity index (χ1v) is 12.7.